The van der Waals surface area contributed by atoms with Gasteiger partial charge < -0.3 is 21.1 Å². The van der Waals surface area contributed by atoms with E-state index in [9.17, 15) is 4.79 Å². The summed E-state index contributed by atoms with van der Waals surface area (Å²) in [6.07, 6.45) is 3.35. The highest BCUT2D eigenvalue weighted by molar-refractivity contribution is 7.11. The molecule has 0 spiro atoms. The maximum atomic E-state index is 12.1. The minimum absolute atomic E-state index is 0.260. The van der Waals surface area contributed by atoms with Crippen LogP contribution in [0.4, 0.5) is 10.5 Å². The molecule has 0 radical (unpaired) electrons. The summed E-state index contributed by atoms with van der Waals surface area (Å²) < 4.78 is 5.28. The van der Waals surface area contributed by atoms with Crippen LogP contribution in [-0.2, 0) is 0 Å². The molecule has 0 saturated carbocycles. The van der Waals surface area contributed by atoms with Crippen LogP contribution in [0.3, 0.4) is 0 Å². The molecule has 4 rings (SSSR count). The smallest absolute Gasteiger partial charge is 0.319 e. The highest BCUT2D eigenvalue weighted by Gasteiger charge is 2.30. The van der Waals surface area contributed by atoms with Crippen LogP contribution in [0.1, 0.15) is 23.5 Å². The van der Waals surface area contributed by atoms with Crippen molar-refractivity contribution in [3.8, 4) is 17.0 Å². The number of urea groups is 1. The predicted molar refractivity (Wildman–Crippen MR) is 110 cm³/mol. The first-order valence-corrected chi connectivity index (χ1v) is 9.52. The van der Waals surface area contributed by atoms with E-state index in [-0.39, 0.29) is 12.1 Å². The number of ether oxygens (including phenoxy) is 1. The summed E-state index contributed by atoms with van der Waals surface area (Å²) in [4.78, 5) is 21.1. The Morgan fingerprint density at radius 2 is 2.00 bits per heavy atom. The molecule has 7 nitrogen and oxygen atoms in total. The van der Waals surface area contributed by atoms with Crippen LogP contribution in [0, 0.1) is 0 Å². The number of hydrogen-bond donors (Lipinski definition) is 3. The Morgan fingerprint density at radius 1 is 1.21 bits per heavy atom. The van der Waals surface area contributed by atoms with Crippen LogP contribution >= 0.6 is 11.3 Å². The van der Waals surface area contributed by atoms with Crippen LogP contribution in [0.15, 0.2) is 53.8 Å². The topological polar surface area (TPSA) is 102 Å². The van der Waals surface area contributed by atoms with Gasteiger partial charge in [-0.25, -0.2) is 9.78 Å². The number of nitrogens with zero attached hydrogens (tertiary/aromatic N) is 2. The molecule has 1 atom stereocenters. The molecule has 1 aromatic carbocycles. The van der Waals surface area contributed by atoms with Gasteiger partial charge in [0.15, 0.2) is 0 Å². The van der Waals surface area contributed by atoms with E-state index in [1.165, 1.54) is 11.3 Å². The molecule has 0 fully saturated rings. The summed E-state index contributed by atoms with van der Waals surface area (Å²) in [6, 6.07) is 8.83. The number of amides is 2. The minimum atomic E-state index is -0.373. The number of nitrogen functional groups attached to an aromatic ring is 1. The first kappa shape index (κ1) is 18.0. The van der Waals surface area contributed by atoms with Crippen LogP contribution in [-0.4, -0.2) is 23.1 Å². The van der Waals surface area contributed by atoms with Gasteiger partial charge >= 0.3 is 6.03 Å². The average molecular weight is 393 g/mol. The lowest BCUT2D eigenvalue weighted by molar-refractivity contribution is 0.240. The number of carbonyl (C=O) groups is 1. The number of allylic oxidation sites excluding steroid dienone is 1. The lowest BCUT2D eigenvalue weighted by atomic mass is 9.97. The molecule has 1 unspecified atom stereocenters. The van der Waals surface area contributed by atoms with Crippen LogP contribution in [0.2, 0.25) is 0 Å². The van der Waals surface area contributed by atoms with Crippen molar-refractivity contribution < 1.29 is 9.53 Å². The van der Waals surface area contributed by atoms with Crippen molar-refractivity contribution in [2.24, 2.45) is 0 Å². The van der Waals surface area contributed by atoms with Gasteiger partial charge in [0.1, 0.15) is 10.8 Å². The van der Waals surface area contributed by atoms with Crippen molar-refractivity contribution in [1.29, 1.82) is 0 Å². The van der Waals surface area contributed by atoms with Crippen LogP contribution < -0.4 is 21.1 Å². The molecule has 4 N–H and O–H groups in total. The second kappa shape index (κ2) is 7.32. The van der Waals surface area contributed by atoms with Gasteiger partial charge in [-0.3, -0.25) is 4.98 Å². The number of methoxy groups -OCH3 is 1. The molecule has 2 amide bonds. The molecule has 3 aromatic rings. The molecule has 142 valence electrons. The van der Waals surface area contributed by atoms with E-state index in [0.29, 0.717) is 11.4 Å². The predicted octanol–water partition coefficient (Wildman–Crippen LogP) is 3.58. The van der Waals surface area contributed by atoms with Crippen molar-refractivity contribution in [2.75, 3.05) is 12.8 Å². The van der Waals surface area contributed by atoms with Crippen LogP contribution in [0.25, 0.3) is 16.8 Å². The second-order valence-corrected chi connectivity index (χ2v) is 7.25. The number of rotatable bonds is 4. The molecule has 0 aliphatic carbocycles. The summed E-state index contributed by atoms with van der Waals surface area (Å²) in [7, 11) is 1.59. The van der Waals surface area contributed by atoms with E-state index in [1.807, 2.05) is 42.6 Å². The van der Waals surface area contributed by atoms with E-state index in [2.05, 4.69) is 15.6 Å². The number of carbonyl (C=O) groups excluding carboxylic acids is 1. The Hall–Kier alpha value is -3.39. The van der Waals surface area contributed by atoms with Crippen molar-refractivity contribution in [3.05, 3.63) is 64.4 Å². The molecule has 2 aromatic heterocycles. The van der Waals surface area contributed by atoms with E-state index in [1.54, 1.807) is 19.5 Å². The van der Waals surface area contributed by atoms with Gasteiger partial charge in [-0.05, 0) is 25.1 Å². The van der Waals surface area contributed by atoms with E-state index in [4.69, 9.17) is 15.5 Å². The fourth-order valence-corrected chi connectivity index (χ4v) is 4.08. The molecule has 8 heteroatoms. The van der Waals surface area contributed by atoms with E-state index >= 15 is 0 Å². The van der Waals surface area contributed by atoms with Gasteiger partial charge in [0.25, 0.3) is 0 Å². The fourth-order valence-electron chi connectivity index (χ4n) is 3.12. The van der Waals surface area contributed by atoms with Crippen LogP contribution in [0.5, 0.6) is 5.75 Å². The summed E-state index contributed by atoms with van der Waals surface area (Å²) in [5, 5.41) is 8.63. The standard InChI is InChI=1S/C20H19N5O2S/c1-11-17(19-24-16(10-28-19)12-3-5-14(21)6-4-12)18(25-20(26)23-11)13-7-15(27-2)9-22-8-13/h3-10,18H,21H2,1-2H3,(H2,23,25,26). The van der Waals surface area contributed by atoms with Crippen molar-refractivity contribution >= 4 is 28.6 Å². The Labute approximate surface area is 166 Å². The van der Waals surface area contributed by atoms with Gasteiger partial charge in [-0.15, -0.1) is 11.3 Å². The highest BCUT2D eigenvalue weighted by Crippen LogP contribution is 2.37. The number of nitrogens with two attached hydrogens (primary N) is 1. The zero-order chi connectivity index (χ0) is 19.7. The maximum Gasteiger partial charge on any atom is 0.319 e. The first-order valence-electron chi connectivity index (χ1n) is 8.64. The molecular weight excluding hydrogens is 374 g/mol. The number of thiazole rings is 1. The molecule has 0 bridgehead atoms. The number of aromatic nitrogens is 2. The van der Waals surface area contributed by atoms with Crippen molar-refractivity contribution in [2.45, 2.75) is 13.0 Å². The number of nitrogens with one attached hydrogen (secondary N) is 2. The summed E-state index contributed by atoms with van der Waals surface area (Å²) in [5.41, 5.74) is 10.8. The normalized spacial score (nSPS) is 16.5. The molecule has 0 saturated heterocycles. The van der Waals surface area contributed by atoms with Crippen molar-refractivity contribution in [3.63, 3.8) is 0 Å². The lowest BCUT2D eigenvalue weighted by Gasteiger charge is -2.28. The quantitative estimate of drug-likeness (QED) is 0.588. The third kappa shape index (κ3) is 3.41. The average Bonchev–Trinajstić information content (AvgIpc) is 3.17. The highest BCUT2D eigenvalue weighted by atomic mass is 32.1. The number of hydrogen-bond acceptors (Lipinski definition) is 6. The molecule has 28 heavy (non-hydrogen) atoms. The van der Waals surface area contributed by atoms with Gasteiger partial charge in [0.2, 0.25) is 0 Å². The Morgan fingerprint density at radius 3 is 2.75 bits per heavy atom. The van der Waals surface area contributed by atoms with E-state index in [0.717, 1.165) is 33.1 Å². The molecular formula is C20H19N5O2S. The molecule has 1 aliphatic rings. The minimum Gasteiger partial charge on any atom is -0.495 e. The van der Waals surface area contributed by atoms with Gasteiger partial charge in [0, 0.05) is 39.7 Å². The lowest BCUT2D eigenvalue weighted by Crippen LogP contribution is -2.42. The summed E-state index contributed by atoms with van der Waals surface area (Å²) in [6.45, 7) is 1.87. The Bertz CT molecular complexity index is 1060. The van der Waals surface area contributed by atoms with Gasteiger partial charge in [-0.1, -0.05) is 12.1 Å². The second-order valence-electron chi connectivity index (χ2n) is 6.39. The molecule has 3 heterocycles. The zero-order valence-electron chi connectivity index (χ0n) is 15.4. The Kier molecular flexibility index (Phi) is 4.70. The third-order valence-electron chi connectivity index (χ3n) is 4.51. The monoisotopic (exact) mass is 393 g/mol. The third-order valence-corrected chi connectivity index (χ3v) is 5.39. The number of anilines is 1. The Balaban J connectivity index is 1.76. The van der Waals surface area contributed by atoms with Gasteiger partial charge in [0.05, 0.1) is 25.0 Å². The summed E-state index contributed by atoms with van der Waals surface area (Å²) in [5.74, 6) is 0.629. The maximum absolute atomic E-state index is 12.1. The number of pyridine rings is 1. The number of benzene rings is 1. The largest absolute Gasteiger partial charge is 0.495 e. The molecule has 1 aliphatic heterocycles. The summed E-state index contributed by atoms with van der Waals surface area (Å²) >= 11 is 1.53. The first-order chi connectivity index (χ1) is 13.5. The van der Waals surface area contributed by atoms with Crippen molar-refractivity contribution in [1.82, 2.24) is 20.6 Å². The van der Waals surface area contributed by atoms with Gasteiger partial charge in [-0.2, -0.15) is 0 Å². The fraction of sp³-hybridized carbons (Fsp3) is 0.150. The van der Waals surface area contributed by atoms with E-state index < -0.39 is 0 Å². The zero-order valence-corrected chi connectivity index (χ0v) is 16.2. The SMILES string of the molecule is COc1cncc(C2NC(=O)NC(C)=C2c2nc(-c3ccc(N)cc3)cs2)c1.